The van der Waals surface area contributed by atoms with Gasteiger partial charge in [-0.25, -0.2) is 12.8 Å². The number of halogens is 2. The minimum absolute atomic E-state index is 0. The van der Waals surface area contributed by atoms with Gasteiger partial charge in [0.15, 0.2) is 5.96 Å². The first kappa shape index (κ1) is 27.2. The Morgan fingerprint density at radius 2 is 1.81 bits per heavy atom. The topological polar surface area (TPSA) is 79.8 Å². The Bertz CT molecular complexity index is 935. The van der Waals surface area contributed by atoms with Crippen LogP contribution in [0.25, 0.3) is 0 Å². The average molecular weight is 563 g/mol. The fraction of sp³-hybridized carbons (Fsp3) is 0.409. The monoisotopic (exact) mass is 563 g/mol. The minimum Gasteiger partial charge on any atom is -0.491 e. The van der Waals surface area contributed by atoms with E-state index in [1.54, 1.807) is 18.2 Å². The standard InChI is InChI=1S/C22H30FN3O3S.HI/c1-17(2)29-20-11-9-19(10-12-20)26-22(24-14-6-16-30(3,27)28)25-15-13-18-7-4-5-8-21(18)23;/h4-5,7-12,17H,6,13-16H2,1-3H3,(H2,24,25,26);1H. The molecule has 0 bridgehead atoms. The van der Waals surface area contributed by atoms with Crippen LogP contribution in [0.3, 0.4) is 0 Å². The minimum atomic E-state index is -3.02. The van der Waals surface area contributed by atoms with Gasteiger partial charge in [-0.1, -0.05) is 18.2 Å². The average Bonchev–Trinajstić information content (AvgIpc) is 2.67. The molecular weight excluding hydrogens is 532 g/mol. The number of nitrogens with one attached hydrogen (secondary N) is 2. The number of benzene rings is 2. The van der Waals surface area contributed by atoms with Crippen molar-refractivity contribution in [2.75, 3.05) is 30.4 Å². The van der Waals surface area contributed by atoms with Crippen molar-refractivity contribution in [1.82, 2.24) is 5.32 Å². The maximum Gasteiger partial charge on any atom is 0.195 e. The van der Waals surface area contributed by atoms with E-state index in [9.17, 15) is 12.8 Å². The molecule has 2 aromatic rings. The van der Waals surface area contributed by atoms with Gasteiger partial charge in [0, 0.05) is 25.0 Å². The zero-order valence-corrected chi connectivity index (χ0v) is 21.2. The van der Waals surface area contributed by atoms with Gasteiger partial charge in [0.1, 0.15) is 21.4 Å². The van der Waals surface area contributed by atoms with Crippen LogP contribution >= 0.6 is 24.0 Å². The zero-order chi connectivity index (χ0) is 22.0. The highest BCUT2D eigenvalue weighted by Crippen LogP contribution is 2.17. The summed E-state index contributed by atoms with van der Waals surface area (Å²) in [5.41, 5.74) is 1.43. The smallest absolute Gasteiger partial charge is 0.195 e. The second-order valence-corrected chi connectivity index (χ2v) is 9.56. The van der Waals surface area contributed by atoms with Crippen molar-refractivity contribution >= 4 is 45.5 Å². The molecule has 0 amide bonds. The molecular formula is C22H31FIN3O3S. The quantitative estimate of drug-likeness (QED) is 0.196. The van der Waals surface area contributed by atoms with Crippen molar-refractivity contribution in [2.45, 2.75) is 32.8 Å². The number of anilines is 1. The summed E-state index contributed by atoms with van der Waals surface area (Å²) in [7, 11) is -3.02. The summed E-state index contributed by atoms with van der Waals surface area (Å²) in [4.78, 5) is 4.45. The van der Waals surface area contributed by atoms with E-state index >= 15 is 0 Å². The van der Waals surface area contributed by atoms with E-state index in [1.807, 2.05) is 38.1 Å². The van der Waals surface area contributed by atoms with Crippen LogP contribution in [0.4, 0.5) is 10.1 Å². The van der Waals surface area contributed by atoms with Crippen LogP contribution in [-0.2, 0) is 16.3 Å². The number of hydrogen-bond donors (Lipinski definition) is 2. The number of sulfone groups is 1. The molecule has 2 N–H and O–H groups in total. The normalized spacial score (nSPS) is 11.7. The third-order valence-corrected chi connectivity index (χ3v) is 5.11. The molecule has 0 fully saturated rings. The fourth-order valence-electron chi connectivity index (χ4n) is 2.70. The van der Waals surface area contributed by atoms with E-state index in [1.165, 1.54) is 12.3 Å². The number of guanidine groups is 1. The summed E-state index contributed by atoms with van der Waals surface area (Å²) in [6, 6.07) is 14.1. The van der Waals surface area contributed by atoms with Crippen molar-refractivity contribution in [2.24, 2.45) is 4.99 Å². The highest BCUT2D eigenvalue weighted by atomic mass is 127. The van der Waals surface area contributed by atoms with Crippen LogP contribution in [0.5, 0.6) is 5.75 Å². The Balaban J connectivity index is 0.00000480. The lowest BCUT2D eigenvalue weighted by Crippen LogP contribution is -2.33. The molecule has 0 atom stereocenters. The van der Waals surface area contributed by atoms with Gasteiger partial charge in [0.05, 0.1) is 11.9 Å². The number of ether oxygens (including phenoxy) is 1. The van der Waals surface area contributed by atoms with E-state index in [4.69, 9.17) is 4.74 Å². The molecule has 9 heteroatoms. The van der Waals surface area contributed by atoms with Crippen LogP contribution < -0.4 is 15.4 Å². The van der Waals surface area contributed by atoms with Crippen LogP contribution in [0.2, 0.25) is 0 Å². The summed E-state index contributed by atoms with van der Waals surface area (Å²) in [5, 5.41) is 6.38. The molecule has 0 aliphatic carbocycles. The highest BCUT2D eigenvalue weighted by Gasteiger charge is 2.05. The molecule has 0 heterocycles. The Kier molecular flexibility index (Phi) is 11.8. The molecule has 0 radical (unpaired) electrons. The van der Waals surface area contributed by atoms with Gasteiger partial charge in [0.2, 0.25) is 0 Å². The third kappa shape index (κ3) is 11.3. The first-order valence-electron chi connectivity index (χ1n) is 9.96. The van der Waals surface area contributed by atoms with Crippen LogP contribution in [0, 0.1) is 5.82 Å². The van der Waals surface area contributed by atoms with Gasteiger partial charge in [-0.05, 0) is 62.6 Å². The lowest BCUT2D eigenvalue weighted by Gasteiger charge is -2.14. The second-order valence-electron chi connectivity index (χ2n) is 7.30. The molecule has 0 aliphatic heterocycles. The van der Waals surface area contributed by atoms with E-state index in [2.05, 4.69) is 15.6 Å². The summed E-state index contributed by atoms with van der Waals surface area (Å²) in [6.45, 7) is 4.77. The van der Waals surface area contributed by atoms with Crippen molar-refractivity contribution < 1.29 is 17.5 Å². The summed E-state index contributed by atoms with van der Waals surface area (Å²) < 4.78 is 42.1. The summed E-state index contributed by atoms with van der Waals surface area (Å²) in [6.07, 6.45) is 2.23. The number of rotatable bonds is 10. The highest BCUT2D eigenvalue weighted by molar-refractivity contribution is 14.0. The lowest BCUT2D eigenvalue weighted by molar-refractivity contribution is 0.242. The molecule has 0 saturated carbocycles. The molecule has 0 spiro atoms. The van der Waals surface area contributed by atoms with E-state index in [-0.39, 0.29) is 41.7 Å². The van der Waals surface area contributed by atoms with Gasteiger partial charge in [-0.2, -0.15) is 0 Å². The summed E-state index contributed by atoms with van der Waals surface area (Å²) >= 11 is 0. The fourth-order valence-corrected chi connectivity index (χ4v) is 3.35. The Labute approximate surface area is 201 Å². The van der Waals surface area contributed by atoms with E-state index in [0.29, 0.717) is 37.5 Å². The number of aliphatic imine (C=N–C) groups is 1. The lowest BCUT2D eigenvalue weighted by atomic mass is 10.1. The maximum absolute atomic E-state index is 13.8. The largest absolute Gasteiger partial charge is 0.491 e. The number of nitrogens with zero attached hydrogens (tertiary/aromatic N) is 1. The van der Waals surface area contributed by atoms with E-state index < -0.39 is 9.84 Å². The van der Waals surface area contributed by atoms with E-state index in [0.717, 1.165) is 11.4 Å². The Hall–Kier alpha value is -1.88. The molecule has 6 nitrogen and oxygen atoms in total. The predicted molar refractivity (Wildman–Crippen MR) is 136 cm³/mol. The van der Waals surface area contributed by atoms with Crippen LogP contribution in [0.15, 0.2) is 53.5 Å². The second kappa shape index (κ2) is 13.5. The Morgan fingerprint density at radius 3 is 2.42 bits per heavy atom. The first-order valence-corrected chi connectivity index (χ1v) is 12.0. The number of hydrogen-bond acceptors (Lipinski definition) is 4. The zero-order valence-electron chi connectivity index (χ0n) is 18.1. The first-order chi connectivity index (χ1) is 14.2. The molecule has 0 aromatic heterocycles. The maximum atomic E-state index is 13.8. The van der Waals surface area contributed by atoms with Gasteiger partial charge < -0.3 is 15.4 Å². The van der Waals surface area contributed by atoms with Gasteiger partial charge in [-0.3, -0.25) is 4.99 Å². The predicted octanol–water partition coefficient (Wildman–Crippen LogP) is 4.27. The van der Waals surface area contributed by atoms with Crippen LogP contribution in [-0.4, -0.2) is 45.6 Å². The molecule has 2 rings (SSSR count). The molecule has 0 unspecified atom stereocenters. The van der Waals surface area contributed by atoms with Gasteiger partial charge in [-0.15, -0.1) is 24.0 Å². The molecule has 31 heavy (non-hydrogen) atoms. The van der Waals surface area contributed by atoms with Gasteiger partial charge >= 0.3 is 0 Å². The molecule has 2 aromatic carbocycles. The van der Waals surface area contributed by atoms with Crippen molar-refractivity contribution in [3.8, 4) is 5.75 Å². The SMILES string of the molecule is CC(C)Oc1ccc(NC(=NCCCS(C)(=O)=O)NCCc2ccccc2F)cc1.I. The van der Waals surface area contributed by atoms with Crippen molar-refractivity contribution in [1.29, 1.82) is 0 Å². The molecule has 0 saturated heterocycles. The summed E-state index contributed by atoms with van der Waals surface area (Å²) in [5.74, 6) is 1.13. The van der Waals surface area contributed by atoms with Crippen molar-refractivity contribution in [3.05, 3.63) is 59.9 Å². The third-order valence-electron chi connectivity index (χ3n) is 4.08. The molecule has 0 aliphatic rings. The Morgan fingerprint density at radius 1 is 1.13 bits per heavy atom. The molecule has 172 valence electrons. The van der Waals surface area contributed by atoms with Gasteiger partial charge in [0.25, 0.3) is 0 Å². The van der Waals surface area contributed by atoms with Crippen LogP contribution in [0.1, 0.15) is 25.8 Å². The van der Waals surface area contributed by atoms with Crippen molar-refractivity contribution in [3.63, 3.8) is 0 Å².